The molecule has 4 aliphatic rings. The Morgan fingerprint density at radius 2 is 2.00 bits per heavy atom. The molecule has 0 aromatic carbocycles. The van der Waals surface area contributed by atoms with E-state index in [1.807, 2.05) is 0 Å². The van der Waals surface area contributed by atoms with Gasteiger partial charge in [-0.2, -0.15) is 0 Å². The van der Waals surface area contributed by atoms with E-state index in [9.17, 15) is 5.11 Å². The first-order chi connectivity index (χ1) is 8.33. The molecule has 3 heteroatoms. The van der Waals surface area contributed by atoms with Crippen LogP contribution < -0.4 is 0 Å². The van der Waals surface area contributed by atoms with Gasteiger partial charge in [0.15, 0.2) is 6.29 Å². The minimum atomic E-state index is -0.486. The van der Waals surface area contributed by atoms with E-state index in [0.29, 0.717) is 12.1 Å². The predicted molar refractivity (Wildman–Crippen MR) is 64.5 cm³/mol. The van der Waals surface area contributed by atoms with Gasteiger partial charge in [0.25, 0.3) is 0 Å². The summed E-state index contributed by atoms with van der Waals surface area (Å²) in [4.78, 5) is 2.72. The highest BCUT2D eigenvalue weighted by Gasteiger charge is 2.52. The molecule has 0 spiro atoms. The van der Waals surface area contributed by atoms with Gasteiger partial charge in [-0.15, -0.1) is 0 Å². The second-order valence-corrected chi connectivity index (χ2v) is 6.48. The highest BCUT2D eigenvalue weighted by molar-refractivity contribution is 5.03. The Morgan fingerprint density at radius 1 is 1.06 bits per heavy atom. The molecule has 1 N–H and O–H groups in total. The average molecular weight is 237 g/mol. The summed E-state index contributed by atoms with van der Waals surface area (Å²) in [6.07, 6.45) is 8.74. The third-order valence-corrected chi connectivity index (χ3v) is 5.70. The number of hydrogen-bond acceptors (Lipinski definition) is 3. The first-order valence-electron chi connectivity index (χ1n) is 7.42. The third kappa shape index (κ3) is 1.59. The number of rotatable bonds is 0. The number of aliphatic hydroxyl groups excluding tert-OH is 1. The highest BCUT2D eigenvalue weighted by Crippen LogP contribution is 2.49. The van der Waals surface area contributed by atoms with Crippen molar-refractivity contribution in [2.24, 2.45) is 11.8 Å². The SMILES string of the molecule is OC1CC2CCC3CC2C(O1)C1CCCCN31. The normalized spacial score (nSPS) is 54.2. The van der Waals surface area contributed by atoms with Gasteiger partial charge >= 0.3 is 0 Å². The van der Waals surface area contributed by atoms with Crippen LogP contribution in [0.3, 0.4) is 0 Å². The summed E-state index contributed by atoms with van der Waals surface area (Å²) in [6.45, 7) is 1.27. The fourth-order valence-corrected chi connectivity index (χ4v) is 5.00. The number of ether oxygens (including phenoxy) is 1. The van der Waals surface area contributed by atoms with E-state index in [0.717, 1.165) is 24.3 Å². The van der Waals surface area contributed by atoms with Gasteiger partial charge in [0.05, 0.1) is 6.10 Å². The van der Waals surface area contributed by atoms with Crippen LogP contribution in [0.4, 0.5) is 0 Å². The number of aliphatic hydroxyl groups is 1. The fraction of sp³-hybridized carbons (Fsp3) is 1.00. The molecule has 0 radical (unpaired) electrons. The molecule has 6 atom stereocenters. The monoisotopic (exact) mass is 237 g/mol. The molecule has 3 aliphatic heterocycles. The Morgan fingerprint density at radius 3 is 2.94 bits per heavy atom. The van der Waals surface area contributed by atoms with Crippen molar-refractivity contribution in [1.29, 1.82) is 0 Å². The van der Waals surface area contributed by atoms with Crippen LogP contribution in [0, 0.1) is 11.8 Å². The Kier molecular flexibility index (Phi) is 2.50. The lowest BCUT2D eigenvalue weighted by Gasteiger charge is -2.58. The van der Waals surface area contributed by atoms with Crippen LogP contribution in [-0.2, 0) is 4.74 Å². The van der Waals surface area contributed by atoms with Crippen molar-refractivity contribution in [2.45, 2.75) is 69.4 Å². The molecule has 96 valence electrons. The lowest BCUT2D eigenvalue weighted by atomic mass is 9.65. The molecule has 0 amide bonds. The van der Waals surface area contributed by atoms with Crippen molar-refractivity contribution >= 4 is 0 Å². The Balaban J connectivity index is 1.66. The lowest BCUT2D eigenvalue weighted by molar-refractivity contribution is -0.251. The van der Waals surface area contributed by atoms with Crippen molar-refractivity contribution in [3.8, 4) is 0 Å². The van der Waals surface area contributed by atoms with Crippen LogP contribution in [-0.4, -0.2) is 41.0 Å². The summed E-state index contributed by atoms with van der Waals surface area (Å²) < 4.78 is 5.93. The second kappa shape index (κ2) is 3.94. The van der Waals surface area contributed by atoms with Crippen molar-refractivity contribution in [3.63, 3.8) is 0 Å². The maximum absolute atomic E-state index is 9.92. The van der Waals surface area contributed by atoms with E-state index in [-0.39, 0.29) is 0 Å². The van der Waals surface area contributed by atoms with Gasteiger partial charge in [-0.25, -0.2) is 0 Å². The number of piperidine rings is 2. The minimum Gasteiger partial charge on any atom is -0.368 e. The van der Waals surface area contributed by atoms with E-state index < -0.39 is 6.29 Å². The van der Waals surface area contributed by atoms with Crippen molar-refractivity contribution < 1.29 is 9.84 Å². The second-order valence-electron chi connectivity index (χ2n) is 6.48. The Bertz CT molecular complexity index is 309. The Hall–Kier alpha value is -0.120. The van der Waals surface area contributed by atoms with Crippen LogP contribution in [0.15, 0.2) is 0 Å². The van der Waals surface area contributed by atoms with Crippen molar-refractivity contribution in [1.82, 2.24) is 4.90 Å². The first kappa shape index (κ1) is 10.8. The summed E-state index contributed by atoms with van der Waals surface area (Å²) >= 11 is 0. The van der Waals surface area contributed by atoms with Gasteiger partial charge in [-0.3, -0.25) is 4.90 Å². The van der Waals surface area contributed by atoms with E-state index in [4.69, 9.17) is 4.74 Å². The highest BCUT2D eigenvalue weighted by atomic mass is 16.6. The van der Waals surface area contributed by atoms with Crippen molar-refractivity contribution in [2.75, 3.05) is 6.54 Å². The van der Waals surface area contributed by atoms with Crippen molar-refractivity contribution in [3.05, 3.63) is 0 Å². The van der Waals surface area contributed by atoms with E-state index in [1.165, 1.54) is 45.1 Å². The number of fused-ring (bicyclic) bond motifs is 4. The molecule has 0 aromatic rings. The summed E-state index contributed by atoms with van der Waals surface area (Å²) in [5, 5.41) is 9.92. The molecule has 4 rings (SSSR count). The minimum absolute atomic E-state index is 0.334. The van der Waals surface area contributed by atoms with Crippen LogP contribution >= 0.6 is 0 Å². The average Bonchev–Trinajstić information content (AvgIpc) is 2.37. The molecule has 2 bridgehead atoms. The smallest absolute Gasteiger partial charge is 0.155 e. The van der Waals surface area contributed by atoms with E-state index >= 15 is 0 Å². The maximum atomic E-state index is 9.92. The molecule has 4 fully saturated rings. The third-order valence-electron chi connectivity index (χ3n) is 5.70. The van der Waals surface area contributed by atoms with E-state index in [2.05, 4.69) is 4.90 Å². The van der Waals surface area contributed by atoms with Crippen LogP contribution in [0.5, 0.6) is 0 Å². The molecule has 3 nitrogen and oxygen atoms in total. The Labute approximate surface area is 103 Å². The standard InChI is InChI=1S/C14H23NO2/c16-13-7-9-4-5-10-8-11(9)14(17-13)12-3-1-2-6-15(10)12/h9-14,16H,1-8H2. The molecular formula is C14H23NO2. The lowest BCUT2D eigenvalue weighted by Crippen LogP contribution is -2.64. The zero-order chi connectivity index (χ0) is 11.4. The molecule has 3 saturated heterocycles. The largest absolute Gasteiger partial charge is 0.368 e. The predicted octanol–water partition coefficient (Wildman–Crippen LogP) is 1.75. The first-order valence-corrected chi connectivity index (χ1v) is 7.42. The topological polar surface area (TPSA) is 32.7 Å². The van der Waals surface area contributed by atoms with Gasteiger partial charge in [0.1, 0.15) is 0 Å². The van der Waals surface area contributed by atoms with Crippen LogP contribution in [0.25, 0.3) is 0 Å². The summed E-state index contributed by atoms with van der Waals surface area (Å²) in [5.41, 5.74) is 0. The summed E-state index contributed by atoms with van der Waals surface area (Å²) in [6, 6.07) is 1.45. The maximum Gasteiger partial charge on any atom is 0.155 e. The quantitative estimate of drug-likeness (QED) is 0.696. The zero-order valence-corrected chi connectivity index (χ0v) is 10.4. The number of nitrogens with zero attached hydrogens (tertiary/aromatic N) is 1. The molecule has 1 saturated carbocycles. The molecule has 6 unspecified atom stereocenters. The van der Waals surface area contributed by atoms with Gasteiger partial charge in [0, 0.05) is 18.5 Å². The van der Waals surface area contributed by atoms with Crippen LogP contribution in [0.2, 0.25) is 0 Å². The molecule has 1 aliphatic carbocycles. The molecule has 3 heterocycles. The summed E-state index contributed by atoms with van der Waals surface area (Å²) in [7, 11) is 0. The zero-order valence-electron chi connectivity index (χ0n) is 10.4. The summed E-state index contributed by atoms with van der Waals surface area (Å²) in [5.74, 6) is 1.49. The number of hydrogen-bond donors (Lipinski definition) is 1. The fourth-order valence-electron chi connectivity index (χ4n) is 5.00. The van der Waals surface area contributed by atoms with Gasteiger partial charge in [-0.05, 0) is 50.5 Å². The van der Waals surface area contributed by atoms with Gasteiger partial charge in [-0.1, -0.05) is 6.42 Å². The molecular weight excluding hydrogens is 214 g/mol. The van der Waals surface area contributed by atoms with E-state index in [1.54, 1.807) is 0 Å². The van der Waals surface area contributed by atoms with Gasteiger partial charge < -0.3 is 9.84 Å². The van der Waals surface area contributed by atoms with Crippen LogP contribution in [0.1, 0.15) is 44.9 Å². The van der Waals surface area contributed by atoms with Gasteiger partial charge in [0.2, 0.25) is 0 Å². The molecule has 17 heavy (non-hydrogen) atoms. The molecule has 0 aromatic heterocycles.